The third-order valence-electron chi connectivity index (χ3n) is 3.46. The van der Waals surface area contributed by atoms with Crippen molar-refractivity contribution in [1.29, 1.82) is 0 Å². The monoisotopic (exact) mass is 257 g/mol. The van der Waals surface area contributed by atoms with Crippen molar-refractivity contribution >= 4 is 0 Å². The van der Waals surface area contributed by atoms with E-state index in [-0.39, 0.29) is 0 Å². The first kappa shape index (κ1) is 12.3. The highest BCUT2D eigenvalue weighted by Crippen LogP contribution is 2.08. The Morgan fingerprint density at radius 3 is 3.05 bits per heavy atom. The first-order chi connectivity index (χ1) is 9.42. The first-order valence-electron chi connectivity index (χ1n) is 6.75. The highest BCUT2D eigenvalue weighted by Gasteiger charge is 2.15. The molecule has 5 nitrogen and oxygen atoms in total. The van der Waals surface area contributed by atoms with Crippen molar-refractivity contribution in [2.24, 2.45) is 0 Å². The molecule has 0 unspecified atom stereocenters. The predicted octanol–water partition coefficient (Wildman–Crippen LogP) is 0.883. The van der Waals surface area contributed by atoms with E-state index in [1.165, 1.54) is 5.82 Å². The van der Waals surface area contributed by atoms with Crippen molar-refractivity contribution in [3.8, 4) is 0 Å². The molecule has 1 N–H and O–H groups in total. The van der Waals surface area contributed by atoms with Crippen LogP contribution in [0.2, 0.25) is 0 Å². The van der Waals surface area contributed by atoms with E-state index in [9.17, 15) is 0 Å². The molecule has 19 heavy (non-hydrogen) atoms. The molecule has 3 heterocycles. The molecular weight excluding hydrogens is 238 g/mol. The third kappa shape index (κ3) is 3.19. The van der Waals surface area contributed by atoms with E-state index in [1.54, 1.807) is 0 Å². The normalized spacial score (nSPS) is 15.4. The van der Waals surface area contributed by atoms with Crippen LogP contribution in [-0.4, -0.2) is 39.1 Å². The molecule has 0 aliphatic carbocycles. The highest BCUT2D eigenvalue weighted by atomic mass is 15.2. The molecule has 0 atom stereocenters. The Morgan fingerprint density at radius 2 is 2.16 bits per heavy atom. The lowest BCUT2D eigenvalue weighted by atomic mass is 10.3. The number of rotatable bonds is 5. The minimum absolute atomic E-state index is 0.837. The molecule has 0 bridgehead atoms. The van der Waals surface area contributed by atoms with Gasteiger partial charge in [0.1, 0.15) is 5.82 Å². The Labute approximate surface area is 113 Å². The van der Waals surface area contributed by atoms with E-state index in [0.29, 0.717) is 0 Å². The van der Waals surface area contributed by atoms with Crippen LogP contribution in [0.1, 0.15) is 11.5 Å². The van der Waals surface area contributed by atoms with Crippen LogP contribution >= 0.6 is 0 Å². The predicted molar refractivity (Wildman–Crippen MR) is 73.4 cm³/mol. The van der Waals surface area contributed by atoms with Crippen LogP contribution in [0, 0.1) is 0 Å². The Bertz CT molecular complexity index is 508. The molecule has 5 heteroatoms. The molecule has 1 aliphatic rings. The lowest BCUT2D eigenvalue weighted by molar-refractivity contribution is 0.217. The number of hydrogen-bond acceptors (Lipinski definition) is 4. The molecule has 3 rings (SSSR count). The zero-order valence-corrected chi connectivity index (χ0v) is 11.0. The quantitative estimate of drug-likeness (QED) is 0.808. The summed E-state index contributed by atoms with van der Waals surface area (Å²) < 4.78 is 2.23. The first-order valence-corrected chi connectivity index (χ1v) is 6.75. The third-order valence-corrected chi connectivity index (χ3v) is 3.46. The fourth-order valence-corrected chi connectivity index (χ4v) is 2.37. The number of nitrogens with zero attached hydrogens (tertiary/aromatic N) is 4. The second-order valence-corrected chi connectivity index (χ2v) is 4.81. The van der Waals surface area contributed by atoms with Crippen LogP contribution in [0.15, 0.2) is 36.8 Å². The number of fused-ring (bicyclic) bond motifs is 1. The van der Waals surface area contributed by atoms with Gasteiger partial charge in [-0.1, -0.05) is 6.07 Å². The van der Waals surface area contributed by atoms with Crippen LogP contribution < -0.4 is 5.32 Å². The molecule has 100 valence electrons. The van der Waals surface area contributed by atoms with Gasteiger partial charge in [-0.05, 0) is 12.1 Å². The summed E-state index contributed by atoms with van der Waals surface area (Å²) in [4.78, 5) is 11.1. The van der Waals surface area contributed by atoms with Crippen LogP contribution in [0.5, 0.6) is 0 Å². The average Bonchev–Trinajstić information content (AvgIpc) is 2.92. The van der Waals surface area contributed by atoms with Crippen LogP contribution in [0.3, 0.4) is 0 Å². The van der Waals surface area contributed by atoms with Gasteiger partial charge in [-0.3, -0.25) is 9.88 Å². The summed E-state index contributed by atoms with van der Waals surface area (Å²) in [7, 11) is 0. The van der Waals surface area contributed by atoms with E-state index in [2.05, 4.69) is 30.9 Å². The Morgan fingerprint density at radius 1 is 1.16 bits per heavy atom. The summed E-state index contributed by atoms with van der Waals surface area (Å²) in [5.41, 5.74) is 1.09. The van der Waals surface area contributed by atoms with Crippen molar-refractivity contribution < 1.29 is 0 Å². The number of hydrogen-bond donors (Lipinski definition) is 1. The zero-order valence-electron chi connectivity index (χ0n) is 11.0. The van der Waals surface area contributed by atoms with E-state index >= 15 is 0 Å². The molecule has 1 aliphatic heterocycles. The van der Waals surface area contributed by atoms with E-state index in [0.717, 1.165) is 45.0 Å². The number of imidazole rings is 1. The summed E-state index contributed by atoms with van der Waals surface area (Å²) in [5, 5.41) is 3.44. The standard InChI is InChI=1S/C14H19N5/c1-2-4-16-13(3-1)11-15-5-7-18-9-10-19-8-6-17-14(19)12-18/h1-4,6,8,15H,5,7,9-12H2. The van der Waals surface area contributed by atoms with E-state index < -0.39 is 0 Å². The second kappa shape index (κ2) is 5.95. The summed E-state index contributed by atoms with van der Waals surface area (Å²) in [6, 6.07) is 6.01. The maximum absolute atomic E-state index is 4.37. The van der Waals surface area contributed by atoms with Crippen LogP contribution in [0.25, 0.3) is 0 Å². The molecule has 2 aromatic heterocycles. The molecule has 0 aromatic carbocycles. The lowest BCUT2D eigenvalue weighted by Crippen LogP contribution is -2.38. The molecule has 0 saturated heterocycles. The SMILES string of the molecule is c1ccc(CNCCN2CCn3ccnc3C2)nc1. The Hall–Kier alpha value is -1.72. The van der Waals surface area contributed by atoms with Crippen molar-refractivity contribution in [3.05, 3.63) is 48.3 Å². The van der Waals surface area contributed by atoms with Crippen molar-refractivity contribution in [1.82, 2.24) is 24.8 Å². The van der Waals surface area contributed by atoms with Gasteiger partial charge in [0.15, 0.2) is 0 Å². The summed E-state index contributed by atoms with van der Waals surface area (Å²) in [5.74, 6) is 1.18. The molecule has 0 fully saturated rings. The average molecular weight is 257 g/mol. The smallest absolute Gasteiger partial charge is 0.122 e. The molecule has 2 aromatic rings. The fraction of sp³-hybridized carbons (Fsp3) is 0.429. The van der Waals surface area contributed by atoms with Crippen LogP contribution in [0.4, 0.5) is 0 Å². The fourth-order valence-electron chi connectivity index (χ4n) is 2.37. The lowest BCUT2D eigenvalue weighted by Gasteiger charge is -2.27. The Kier molecular flexibility index (Phi) is 3.86. The van der Waals surface area contributed by atoms with Gasteiger partial charge in [0.2, 0.25) is 0 Å². The van der Waals surface area contributed by atoms with Crippen molar-refractivity contribution in [2.75, 3.05) is 19.6 Å². The summed E-state index contributed by atoms with van der Waals surface area (Å²) in [6.45, 7) is 5.99. The number of nitrogens with one attached hydrogen (secondary N) is 1. The molecule has 0 radical (unpaired) electrons. The van der Waals surface area contributed by atoms with Gasteiger partial charge in [0, 0.05) is 51.3 Å². The van der Waals surface area contributed by atoms with Gasteiger partial charge >= 0.3 is 0 Å². The molecule has 0 saturated carbocycles. The number of pyridine rings is 1. The topological polar surface area (TPSA) is 46.0 Å². The van der Waals surface area contributed by atoms with Gasteiger partial charge in [0.05, 0.1) is 12.2 Å². The van der Waals surface area contributed by atoms with Crippen molar-refractivity contribution in [3.63, 3.8) is 0 Å². The summed E-state index contributed by atoms with van der Waals surface area (Å²) in [6.07, 6.45) is 5.78. The van der Waals surface area contributed by atoms with Gasteiger partial charge in [-0.2, -0.15) is 0 Å². The van der Waals surface area contributed by atoms with Gasteiger partial charge < -0.3 is 9.88 Å². The van der Waals surface area contributed by atoms with Gasteiger partial charge in [0.25, 0.3) is 0 Å². The van der Waals surface area contributed by atoms with Gasteiger partial charge in [-0.25, -0.2) is 4.98 Å². The van der Waals surface area contributed by atoms with Gasteiger partial charge in [-0.15, -0.1) is 0 Å². The molecular formula is C14H19N5. The van der Waals surface area contributed by atoms with Crippen molar-refractivity contribution in [2.45, 2.75) is 19.6 Å². The second-order valence-electron chi connectivity index (χ2n) is 4.81. The Balaban J connectivity index is 1.40. The van der Waals surface area contributed by atoms with E-state index in [1.807, 2.05) is 30.6 Å². The molecule has 0 spiro atoms. The number of aromatic nitrogens is 3. The minimum atomic E-state index is 0.837. The van der Waals surface area contributed by atoms with Crippen LogP contribution in [-0.2, 0) is 19.6 Å². The van der Waals surface area contributed by atoms with E-state index in [4.69, 9.17) is 0 Å². The maximum atomic E-state index is 4.37. The zero-order chi connectivity index (χ0) is 12.9. The summed E-state index contributed by atoms with van der Waals surface area (Å²) >= 11 is 0. The minimum Gasteiger partial charge on any atom is -0.333 e. The largest absolute Gasteiger partial charge is 0.333 e. The molecule has 0 amide bonds. The maximum Gasteiger partial charge on any atom is 0.122 e. The highest BCUT2D eigenvalue weighted by molar-refractivity contribution is 5.02.